The predicted molar refractivity (Wildman–Crippen MR) is 212 cm³/mol. The van der Waals surface area contributed by atoms with Crippen LogP contribution >= 0.6 is 11.3 Å². The first-order valence-electron chi connectivity index (χ1n) is 19.1. The number of aromatic nitrogens is 5. The van der Waals surface area contributed by atoms with Gasteiger partial charge in [0.15, 0.2) is 11.6 Å². The van der Waals surface area contributed by atoms with Crippen molar-refractivity contribution in [3.63, 3.8) is 0 Å². The lowest BCUT2D eigenvalue weighted by atomic mass is 10.1. The Morgan fingerprint density at radius 2 is 1.10 bits per heavy atom. The Bertz CT molecular complexity index is 3410. The van der Waals surface area contributed by atoms with Crippen molar-refractivity contribution in [2.45, 2.75) is 0 Å². The Morgan fingerprint density at radius 3 is 1.88 bits per heavy atom. The third-order valence-electron chi connectivity index (χ3n) is 9.67. The van der Waals surface area contributed by atoms with E-state index in [0.29, 0.717) is 5.82 Å². The molecule has 238 valence electrons. The molecule has 6 heteroatoms. The lowest BCUT2D eigenvalue weighted by Crippen LogP contribution is -2.06. The number of nitrogens with zero attached hydrogens (tertiary/aromatic N) is 5. The molecule has 0 aliphatic carbocycles. The van der Waals surface area contributed by atoms with E-state index in [4.69, 9.17) is 21.8 Å². The summed E-state index contributed by atoms with van der Waals surface area (Å²) < 4.78 is 49.5. The maximum Gasteiger partial charge on any atom is 0.238 e. The van der Waals surface area contributed by atoms with Crippen LogP contribution < -0.4 is 0 Å². The molecule has 0 radical (unpaired) electrons. The Balaban J connectivity index is 1.28. The summed E-state index contributed by atoms with van der Waals surface area (Å²) in [7, 11) is 0. The highest BCUT2D eigenvalue weighted by molar-refractivity contribution is 7.26. The van der Waals surface area contributed by atoms with Crippen molar-refractivity contribution in [1.82, 2.24) is 24.1 Å². The third-order valence-corrected chi connectivity index (χ3v) is 10.9. The molecule has 0 N–H and O–H groups in total. The second kappa shape index (κ2) is 10.9. The van der Waals surface area contributed by atoms with Crippen molar-refractivity contribution in [3.8, 4) is 34.4 Å². The first kappa shape index (κ1) is 23.7. The topological polar surface area (TPSA) is 48.5 Å². The van der Waals surface area contributed by atoms with E-state index in [1.165, 1.54) is 0 Å². The fraction of sp³-hybridized carbons (Fsp3) is 0. The molecule has 0 aliphatic heterocycles. The highest BCUT2D eigenvalue weighted by atomic mass is 32.1. The third kappa shape index (κ3) is 4.24. The Morgan fingerprint density at radius 1 is 0.471 bits per heavy atom. The summed E-state index contributed by atoms with van der Waals surface area (Å²) in [6.07, 6.45) is 0. The van der Waals surface area contributed by atoms with Gasteiger partial charge in [0.2, 0.25) is 5.95 Å². The molecular weight excluding hydrogens is 643 g/mol. The van der Waals surface area contributed by atoms with Gasteiger partial charge in [0.25, 0.3) is 0 Å². The van der Waals surface area contributed by atoms with Gasteiger partial charge in [0.05, 0.1) is 28.9 Å². The molecule has 11 aromatic rings. The van der Waals surface area contributed by atoms with Crippen molar-refractivity contribution in [2.75, 3.05) is 0 Å². The van der Waals surface area contributed by atoms with Gasteiger partial charge < -0.3 is 4.57 Å². The molecule has 0 aliphatic rings. The monoisotopic (exact) mass is 674 g/mol. The quantitative estimate of drug-likeness (QED) is 0.187. The second-order valence-corrected chi connectivity index (χ2v) is 13.5. The van der Waals surface area contributed by atoms with E-state index in [1.807, 2.05) is 65.2 Å². The van der Waals surface area contributed by atoms with Crippen LogP contribution in [0.15, 0.2) is 164 Å². The summed E-state index contributed by atoms with van der Waals surface area (Å²) in [5.41, 5.74) is 5.50. The molecule has 7 aromatic carbocycles. The molecular formula is C45H27N5S. The Labute approximate surface area is 303 Å². The zero-order valence-corrected chi connectivity index (χ0v) is 27.7. The minimum Gasteiger partial charge on any atom is -0.309 e. The average Bonchev–Trinajstić information content (AvgIpc) is 3.89. The number of para-hydroxylation sites is 3. The van der Waals surface area contributed by atoms with Crippen molar-refractivity contribution >= 4 is 75.1 Å². The maximum atomic E-state index is 8.93. The van der Waals surface area contributed by atoms with Crippen LogP contribution in [-0.2, 0) is 0 Å². The van der Waals surface area contributed by atoms with Crippen LogP contribution in [-0.4, -0.2) is 24.1 Å². The van der Waals surface area contributed by atoms with E-state index < -0.39 is 18.1 Å². The van der Waals surface area contributed by atoms with Crippen LogP contribution in [0, 0.1) is 0 Å². The molecule has 0 fully saturated rings. The van der Waals surface area contributed by atoms with Crippen LogP contribution in [0.1, 0.15) is 6.85 Å². The van der Waals surface area contributed by atoms with Gasteiger partial charge in [-0.2, -0.15) is 9.97 Å². The Hall–Kier alpha value is -6.63. The predicted octanol–water partition coefficient (Wildman–Crippen LogP) is 11.8. The summed E-state index contributed by atoms with van der Waals surface area (Å²) in [5.74, 6) is 0.591. The lowest BCUT2D eigenvalue weighted by molar-refractivity contribution is 0.954. The molecule has 0 atom stereocenters. The fourth-order valence-electron chi connectivity index (χ4n) is 7.48. The van der Waals surface area contributed by atoms with Crippen LogP contribution in [0.3, 0.4) is 0 Å². The highest BCUT2D eigenvalue weighted by Gasteiger charge is 2.22. The van der Waals surface area contributed by atoms with Gasteiger partial charge in [0.1, 0.15) is 0 Å². The van der Waals surface area contributed by atoms with Gasteiger partial charge in [-0.1, -0.05) is 115 Å². The smallest absolute Gasteiger partial charge is 0.238 e. The van der Waals surface area contributed by atoms with Gasteiger partial charge >= 0.3 is 0 Å². The lowest BCUT2D eigenvalue weighted by Gasteiger charge is -2.12. The minimum atomic E-state index is -0.478. The molecule has 51 heavy (non-hydrogen) atoms. The zero-order chi connectivity index (χ0) is 37.8. The standard InChI is InChI=1S/C45H27N5S/c1-3-14-28(15-4-1)43-46-44(34-22-13-21-33-32-20-9-12-25-41(32)51-42(33)34)48-45(47-43)50-38-24-11-8-19-31(38)36-26-35-30-18-7-10-23-37(30)49(39(35)27-40(36)50)29-16-5-2-6-17-29/h1-27H/i1D,3D,4D,14D,15D. The van der Waals surface area contributed by atoms with Gasteiger partial charge in [-0.3, -0.25) is 4.57 Å². The highest BCUT2D eigenvalue weighted by Crippen LogP contribution is 2.41. The van der Waals surface area contributed by atoms with Gasteiger partial charge in [0, 0.05) is 58.5 Å². The maximum absolute atomic E-state index is 8.93. The number of benzene rings is 7. The van der Waals surface area contributed by atoms with Crippen LogP contribution in [0.2, 0.25) is 0 Å². The fourth-order valence-corrected chi connectivity index (χ4v) is 8.70. The molecule has 0 saturated heterocycles. The van der Waals surface area contributed by atoms with E-state index >= 15 is 0 Å². The van der Waals surface area contributed by atoms with Crippen molar-refractivity contribution in [1.29, 1.82) is 0 Å². The molecule has 4 heterocycles. The first-order valence-corrected chi connectivity index (χ1v) is 17.4. The van der Waals surface area contributed by atoms with E-state index in [2.05, 4.69) is 77.4 Å². The van der Waals surface area contributed by atoms with E-state index in [1.54, 1.807) is 11.3 Å². The van der Waals surface area contributed by atoms with Gasteiger partial charge in [-0.15, -0.1) is 11.3 Å². The molecule has 4 aromatic heterocycles. The van der Waals surface area contributed by atoms with E-state index in [-0.39, 0.29) is 29.4 Å². The molecule has 0 unspecified atom stereocenters. The summed E-state index contributed by atoms with van der Waals surface area (Å²) in [4.78, 5) is 15.1. The molecule has 0 bridgehead atoms. The molecule has 0 saturated carbocycles. The van der Waals surface area contributed by atoms with Gasteiger partial charge in [-0.05, 0) is 48.5 Å². The SMILES string of the molecule is [2H]c1c([2H])c([2H])c(-c2nc(-c3cccc4c3sc3ccccc34)nc(-n3c4ccccc4c4cc5c6ccccc6n(-c6ccccc6)c5cc43)n2)c([2H])c1[2H]. The summed E-state index contributed by atoms with van der Waals surface area (Å²) in [5, 5.41) is 6.41. The molecule has 0 amide bonds. The van der Waals surface area contributed by atoms with E-state index in [9.17, 15) is 0 Å². The summed E-state index contributed by atoms with van der Waals surface area (Å²) in [6, 6.07) is 43.4. The number of hydrogen-bond donors (Lipinski definition) is 0. The summed E-state index contributed by atoms with van der Waals surface area (Å²) in [6.45, 7) is 0. The first-order chi connectivity index (χ1) is 27.4. The largest absolute Gasteiger partial charge is 0.309 e. The van der Waals surface area contributed by atoms with Gasteiger partial charge in [-0.25, -0.2) is 4.98 Å². The van der Waals surface area contributed by atoms with Crippen molar-refractivity contribution < 1.29 is 6.85 Å². The Kier molecular flexibility index (Phi) is 5.08. The van der Waals surface area contributed by atoms with E-state index in [0.717, 1.165) is 75.0 Å². The van der Waals surface area contributed by atoms with Crippen molar-refractivity contribution in [2.24, 2.45) is 0 Å². The van der Waals surface area contributed by atoms with Crippen LogP contribution in [0.25, 0.3) is 98.2 Å². The number of fused-ring (bicyclic) bond motifs is 9. The van der Waals surface area contributed by atoms with Crippen LogP contribution in [0.4, 0.5) is 0 Å². The molecule has 0 spiro atoms. The summed E-state index contributed by atoms with van der Waals surface area (Å²) >= 11 is 1.64. The zero-order valence-electron chi connectivity index (χ0n) is 31.8. The molecule has 11 rings (SSSR count). The average molecular weight is 675 g/mol. The minimum absolute atomic E-state index is 0.00878. The molecule has 5 nitrogen and oxygen atoms in total. The van der Waals surface area contributed by atoms with Crippen molar-refractivity contribution in [3.05, 3.63) is 164 Å². The number of thiophene rings is 1. The normalized spacial score (nSPS) is 13.3. The number of hydrogen-bond acceptors (Lipinski definition) is 4. The second-order valence-electron chi connectivity index (χ2n) is 12.5. The van der Waals surface area contributed by atoms with Crippen LogP contribution in [0.5, 0.6) is 0 Å². The number of rotatable bonds is 4.